The zero-order valence-electron chi connectivity index (χ0n) is 24.9. The van der Waals surface area contributed by atoms with Crippen LogP contribution in [0.3, 0.4) is 0 Å². The molecule has 5 aromatic carbocycles. The van der Waals surface area contributed by atoms with Gasteiger partial charge in [0.2, 0.25) is 0 Å². The van der Waals surface area contributed by atoms with Crippen LogP contribution >= 0.6 is 0 Å². The summed E-state index contributed by atoms with van der Waals surface area (Å²) in [5, 5.41) is 25.1. The molecule has 2 aliphatic rings. The van der Waals surface area contributed by atoms with Gasteiger partial charge in [-0.05, 0) is 67.1 Å². The summed E-state index contributed by atoms with van der Waals surface area (Å²) in [6.07, 6.45) is 2.89. The molecule has 0 saturated carbocycles. The summed E-state index contributed by atoms with van der Waals surface area (Å²) in [6.45, 7) is 7.68. The summed E-state index contributed by atoms with van der Waals surface area (Å²) in [7, 11) is 0. The number of nitrogens with zero attached hydrogens (tertiary/aromatic N) is 4. The van der Waals surface area contributed by atoms with Crippen LogP contribution in [0, 0.1) is 22.7 Å². The van der Waals surface area contributed by atoms with Gasteiger partial charge in [0.15, 0.2) is 0 Å². The lowest BCUT2D eigenvalue weighted by Crippen LogP contribution is -2.46. The third-order valence-electron chi connectivity index (χ3n) is 9.44. The third-order valence-corrected chi connectivity index (χ3v) is 9.44. The molecule has 8 nitrogen and oxygen atoms in total. The summed E-state index contributed by atoms with van der Waals surface area (Å²) < 4.78 is 0. The molecule has 2 atom stereocenters. The van der Waals surface area contributed by atoms with Crippen molar-refractivity contribution in [3.63, 3.8) is 0 Å². The molecule has 2 aliphatic heterocycles. The lowest BCUT2D eigenvalue weighted by atomic mass is 9.79. The number of nitriles is 2. The third kappa shape index (κ3) is 3.31. The minimum Gasteiger partial charge on any atom is -0.272 e. The Morgan fingerprint density at radius 2 is 0.955 bits per heavy atom. The molecule has 0 spiro atoms. The number of amides is 4. The van der Waals surface area contributed by atoms with E-state index in [4.69, 9.17) is 0 Å². The second-order valence-electron chi connectivity index (χ2n) is 12.0. The summed E-state index contributed by atoms with van der Waals surface area (Å²) in [6, 6.07) is 13.9. The van der Waals surface area contributed by atoms with Gasteiger partial charge >= 0.3 is 0 Å². The molecule has 216 valence electrons. The van der Waals surface area contributed by atoms with Crippen LogP contribution < -0.4 is 0 Å². The number of rotatable bonds is 6. The number of fused-ring (bicyclic) bond motifs is 2. The van der Waals surface area contributed by atoms with Crippen molar-refractivity contribution in [1.29, 1.82) is 10.5 Å². The SMILES string of the molecule is CCCC(C)N1C(=O)c2ccc3c4c(C#N)cc5c6c(cc(C#N)c(c7ccc(c2c37)C1=O)c64)C(=O)N(C(C)CCC)C5=O. The molecule has 8 heteroatoms. The number of imide groups is 2. The van der Waals surface area contributed by atoms with Crippen LogP contribution in [0.4, 0.5) is 0 Å². The topological polar surface area (TPSA) is 122 Å². The molecule has 0 aliphatic carbocycles. The standard InChI is InChI=1S/C36H28N4O4/c1-5-7-17(3)39-33(41)23-11-9-21-27-19(15-37)13-25-31-26(36(44)40(35(25)43)18(4)8-6-2)14-20(16-38)28(32(27)31)22-10-12-24(34(39)42)30(23)29(21)22/h9-14,17-18H,5-8H2,1-4H3. The molecule has 0 radical (unpaired) electrons. The van der Waals surface area contributed by atoms with E-state index < -0.39 is 11.8 Å². The van der Waals surface area contributed by atoms with Crippen molar-refractivity contribution in [3.8, 4) is 12.1 Å². The minimum absolute atomic E-state index is 0.221. The van der Waals surface area contributed by atoms with Crippen LogP contribution in [0.15, 0.2) is 36.4 Å². The molecule has 0 N–H and O–H groups in total. The van der Waals surface area contributed by atoms with Crippen molar-refractivity contribution in [3.05, 3.63) is 69.8 Å². The van der Waals surface area contributed by atoms with E-state index in [2.05, 4.69) is 12.1 Å². The normalized spacial score (nSPS) is 16.0. The first-order valence-corrected chi connectivity index (χ1v) is 15.0. The number of carbonyl (C=O) groups excluding carboxylic acids is 4. The van der Waals surface area contributed by atoms with E-state index in [0.29, 0.717) is 67.1 Å². The van der Waals surface area contributed by atoms with Crippen molar-refractivity contribution in [2.75, 3.05) is 0 Å². The Kier molecular flexibility index (Phi) is 5.99. The van der Waals surface area contributed by atoms with E-state index in [1.54, 1.807) is 36.4 Å². The fourth-order valence-electron chi connectivity index (χ4n) is 7.58. The fraction of sp³-hybridized carbons (Fsp3) is 0.278. The van der Waals surface area contributed by atoms with Crippen molar-refractivity contribution in [2.24, 2.45) is 0 Å². The quantitative estimate of drug-likeness (QED) is 0.120. The van der Waals surface area contributed by atoms with Gasteiger partial charge in [0.05, 0.1) is 34.4 Å². The van der Waals surface area contributed by atoms with Gasteiger partial charge in [0.1, 0.15) is 0 Å². The number of benzene rings is 5. The average Bonchev–Trinajstić information content (AvgIpc) is 3.01. The molecular formula is C36H28N4O4. The molecule has 2 unspecified atom stereocenters. The van der Waals surface area contributed by atoms with Crippen molar-refractivity contribution in [2.45, 2.75) is 65.5 Å². The van der Waals surface area contributed by atoms with Crippen LogP contribution in [-0.4, -0.2) is 45.5 Å². The smallest absolute Gasteiger partial charge is 0.261 e. The first kappa shape index (κ1) is 27.5. The molecule has 0 aromatic heterocycles. The molecule has 4 amide bonds. The van der Waals surface area contributed by atoms with Gasteiger partial charge < -0.3 is 0 Å². The van der Waals surface area contributed by atoms with Gasteiger partial charge in [0, 0.05) is 50.1 Å². The molecule has 5 aromatic rings. The highest BCUT2D eigenvalue weighted by atomic mass is 16.2. The first-order chi connectivity index (χ1) is 21.2. The molecule has 0 bridgehead atoms. The van der Waals surface area contributed by atoms with Gasteiger partial charge in [0.25, 0.3) is 23.6 Å². The van der Waals surface area contributed by atoms with Crippen molar-refractivity contribution in [1.82, 2.24) is 9.80 Å². The predicted molar refractivity (Wildman–Crippen MR) is 167 cm³/mol. The maximum Gasteiger partial charge on any atom is 0.261 e. The second kappa shape index (κ2) is 9.59. The number of hydrogen-bond acceptors (Lipinski definition) is 6. The highest BCUT2D eigenvalue weighted by Crippen LogP contribution is 2.48. The van der Waals surface area contributed by atoms with Crippen molar-refractivity contribution >= 4 is 66.7 Å². The molecule has 44 heavy (non-hydrogen) atoms. The second-order valence-corrected chi connectivity index (χ2v) is 12.0. The monoisotopic (exact) mass is 580 g/mol. The summed E-state index contributed by atoms with van der Waals surface area (Å²) in [5.41, 5.74) is 1.73. The predicted octanol–water partition coefficient (Wildman–Crippen LogP) is 7.05. The summed E-state index contributed by atoms with van der Waals surface area (Å²) >= 11 is 0. The van der Waals surface area contributed by atoms with Gasteiger partial charge in [-0.15, -0.1) is 0 Å². The maximum atomic E-state index is 13.9. The molecule has 2 heterocycles. The first-order valence-electron chi connectivity index (χ1n) is 15.0. The van der Waals surface area contributed by atoms with Gasteiger partial charge in [-0.2, -0.15) is 10.5 Å². The minimum atomic E-state index is -0.462. The molecule has 0 fully saturated rings. The largest absolute Gasteiger partial charge is 0.272 e. The lowest BCUT2D eigenvalue weighted by Gasteiger charge is -2.34. The average molecular weight is 581 g/mol. The van der Waals surface area contributed by atoms with E-state index >= 15 is 0 Å². The fourth-order valence-corrected chi connectivity index (χ4v) is 7.58. The Balaban J connectivity index is 1.65. The summed E-state index contributed by atoms with van der Waals surface area (Å²) in [4.78, 5) is 58.0. The van der Waals surface area contributed by atoms with Crippen LogP contribution in [0.2, 0.25) is 0 Å². The Bertz CT molecular complexity index is 2120. The van der Waals surface area contributed by atoms with Gasteiger partial charge in [-0.3, -0.25) is 29.0 Å². The zero-order valence-corrected chi connectivity index (χ0v) is 24.9. The maximum absolute atomic E-state index is 13.9. The summed E-state index contributed by atoms with van der Waals surface area (Å²) in [5.74, 6) is -1.67. The molecular weight excluding hydrogens is 552 g/mol. The van der Waals surface area contributed by atoms with Gasteiger partial charge in [-0.25, -0.2) is 0 Å². The van der Waals surface area contributed by atoms with Crippen LogP contribution in [0.25, 0.3) is 43.1 Å². The Hall–Kier alpha value is -5.34. The number of carbonyl (C=O) groups is 4. The lowest BCUT2D eigenvalue weighted by molar-refractivity contribution is 0.0528. The van der Waals surface area contributed by atoms with Crippen LogP contribution in [0.1, 0.15) is 106 Å². The van der Waals surface area contributed by atoms with E-state index in [1.165, 1.54) is 9.80 Å². The van der Waals surface area contributed by atoms with E-state index in [1.807, 2.05) is 27.7 Å². The Morgan fingerprint density at radius 3 is 1.34 bits per heavy atom. The van der Waals surface area contributed by atoms with E-state index in [0.717, 1.165) is 12.8 Å². The zero-order chi connectivity index (χ0) is 31.2. The number of hydrogen-bond donors (Lipinski definition) is 0. The van der Waals surface area contributed by atoms with Crippen LogP contribution in [-0.2, 0) is 0 Å². The van der Waals surface area contributed by atoms with Crippen LogP contribution in [0.5, 0.6) is 0 Å². The van der Waals surface area contributed by atoms with Gasteiger partial charge in [-0.1, -0.05) is 38.8 Å². The molecule has 7 rings (SSSR count). The molecule has 0 saturated heterocycles. The Labute approximate surface area is 253 Å². The Morgan fingerprint density at radius 1 is 0.568 bits per heavy atom. The highest BCUT2D eigenvalue weighted by molar-refractivity contribution is 6.42. The van der Waals surface area contributed by atoms with E-state index in [9.17, 15) is 29.7 Å². The van der Waals surface area contributed by atoms with E-state index in [-0.39, 0.29) is 46.2 Å². The van der Waals surface area contributed by atoms with Crippen molar-refractivity contribution < 1.29 is 19.2 Å². The highest BCUT2D eigenvalue weighted by Gasteiger charge is 2.40.